The molecule has 2 aromatic heterocycles. The first-order valence-corrected chi connectivity index (χ1v) is 9.62. The standard InChI is InChI=1S/C21H19ClN4O/c22-19-16(15-9-24-17-2-1-12(8-23)7-14(15)17)10-25-20-18(19)21(11-26-20)5-3-13(27)4-6-21/h1-2,7,9-10,13,24,27H,3-6,11H2,(H,25,26). The largest absolute Gasteiger partial charge is 0.393 e. The number of aliphatic hydroxyl groups excluding tert-OH is 1. The fourth-order valence-corrected chi connectivity index (χ4v) is 5.07. The number of aromatic nitrogens is 2. The number of nitrogens with one attached hydrogen (secondary N) is 2. The highest BCUT2D eigenvalue weighted by molar-refractivity contribution is 6.35. The molecule has 1 spiro atoms. The maximum Gasteiger partial charge on any atom is 0.131 e. The molecule has 136 valence electrons. The van der Waals surface area contributed by atoms with Crippen molar-refractivity contribution in [1.82, 2.24) is 9.97 Å². The summed E-state index contributed by atoms with van der Waals surface area (Å²) in [6.07, 6.45) is 6.93. The van der Waals surface area contributed by atoms with E-state index in [0.29, 0.717) is 5.56 Å². The predicted molar refractivity (Wildman–Crippen MR) is 106 cm³/mol. The highest BCUT2D eigenvalue weighted by Crippen LogP contribution is 2.51. The van der Waals surface area contributed by atoms with Gasteiger partial charge in [0, 0.05) is 51.9 Å². The first-order chi connectivity index (χ1) is 13.1. The van der Waals surface area contributed by atoms with Gasteiger partial charge in [-0.15, -0.1) is 0 Å². The van der Waals surface area contributed by atoms with Crippen molar-refractivity contribution in [2.75, 3.05) is 11.9 Å². The number of nitrogens with zero attached hydrogens (tertiary/aromatic N) is 2. The number of hydrogen-bond donors (Lipinski definition) is 3. The highest BCUT2D eigenvalue weighted by Gasteiger charge is 2.44. The van der Waals surface area contributed by atoms with Crippen LogP contribution in [-0.4, -0.2) is 27.7 Å². The summed E-state index contributed by atoms with van der Waals surface area (Å²) in [5, 5.41) is 24.3. The number of anilines is 1. The normalized spacial score (nSPS) is 24.0. The molecular formula is C21H19ClN4O. The van der Waals surface area contributed by atoms with Crippen LogP contribution in [0.3, 0.4) is 0 Å². The first-order valence-electron chi connectivity index (χ1n) is 9.24. The second-order valence-electron chi connectivity index (χ2n) is 7.65. The van der Waals surface area contributed by atoms with Gasteiger partial charge in [-0.25, -0.2) is 4.98 Å². The minimum atomic E-state index is -0.215. The fourth-order valence-electron chi connectivity index (χ4n) is 4.63. The summed E-state index contributed by atoms with van der Waals surface area (Å²) in [5.74, 6) is 0.859. The van der Waals surface area contributed by atoms with Crippen molar-refractivity contribution in [3.05, 3.63) is 46.7 Å². The molecular weight excluding hydrogens is 360 g/mol. The molecule has 5 rings (SSSR count). The van der Waals surface area contributed by atoms with Gasteiger partial charge in [-0.2, -0.15) is 5.26 Å². The summed E-state index contributed by atoms with van der Waals surface area (Å²) >= 11 is 6.96. The van der Waals surface area contributed by atoms with Crippen LogP contribution >= 0.6 is 11.6 Å². The molecule has 1 fully saturated rings. The quantitative estimate of drug-likeness (QED) is 0.587. The summed E-state index contributed by atoms with van der Waals surface area (Å²) in [4.78, 5) is 7.92. The van der Waals surface area contributed by atoms with E-state index in [0.717, 1.165) is 70.7 Å². The number of halogens is 1. The van der Waals surface area contributed by atoms with Crippen LogP contribution in [0.5, 0.6) is 0 Å². The zero-order valence-electron chi connectivity index (χ0n) is 14.7. The second kappa shape index (κ2) is 5.98. The average molecular weight is 379 g/mol. The van der Waals surface area contributed by atoms with E-state index in [-0.39, 0.29) is 11.5 Å². The summed E-state index contributed by atoms with van der Waals surface area (Å²) in [5.41, 5.74) is 4.45. The van der Waals surface area contributed by atoms with Crippen LogP contribution in [0.2, 0.25) is 5.02 Å². The Hall–Kier alpha value is -2.55. The Morgan fingerprint density at radius 2 is 2.07 bits per heavy atom. The van der Waals surface area contributed by atoms with E-state index in [9.17, 15) is 10.4 Å². The van der Waals surface area contributed by atoms with E-state index >= 15 is 0 Å². The third-order valence-electron chi connectivity index (χ3n) is 6.15. The molecule has 0 bridgehead atoms. The van der Waals surface area contributed by atoms with E-state index in [1.807, 2.05) is 24.5 Å². The van der Waals surface area contributed by atoms with Gasteiger partial charge in [0.2, 0.25) is 0 Å². The second-order valence-corrected chi connectivity index (χ2v) is 8.03. The van der Waals surface area contributed by atoms with Crippen LogP contribution in [-0.2, 0) is 5.41 Å². The highest BCUT2D eigenvalue weighted by atomic mass is 35.5. The lowest BCUT2D eigenvalue weighted by molar-refractivity contribution is 0.101. The lowest BCUT2D eigenvalue weighted by atomic mass is 9.70. The van der Waals surface area contributed by atoms with E-state index < -0.39 is 0 Å². The smallest absolute Gasteiger partial charge is 0.131 e. The number of pyridine rings is 1. The zero-order valence-corrected chi connectivity index (χ0v) is 15.5. The van der Waals surface area contributed by atoms with Gasteiger partial charge in [0.05, 0.1) is 22.8 Å². The Balaban J connectivity index is 1.67. The molecule has 0 unspecified atom stereocenters. The number of nitriles is 1. The van der Waals surface area contributed by atoms with E-state index in [4.69, 9.17) is 11.6 Å². The number of H-pyrrole nitrogens is 1. The van der Waals surface area contributed by atoms with E-state index in [1.165, 1.54) is 0 Å². The lowest BCUT2D eigenvalue weighted by Crippen LogP contribution is -2.35. The first kappa shape index (κ1) is 16.6. The Morgan fingerprint density at radius 1 is 1.26 bits per heavy atom. The number of aromatic amines is 1. The van der Waals surface area contributed by atoms with Gasteiger partial charge < -0.3 is 15.4 Å². The summed E-state index contributed by atoms with van der Waals surface area (Å²) in [7, 11) is 0. The van der Waals surface area contributed by atoms with E-state index in [2.05, 4.69) is 21.4 Å². The van der Waals surface area contributed by atoms with Gasteiger partial charge in [0.25, 0.3) is 0 Å². The molecule has 0 saturated heterocycles. The molecule has 0 radical (unpaired) electrons. The van der Waals surface area contributed by atoms with Gasteiger partial charge in [-0.1, -0.05) is 11.6 Å². The van der Waals surface area contributed by atoms with Gasteiger partial charge in [0.1, 0.15) is 5.82 Å². The van der Waals surface area contributed by atoms with Crippen molar-refractivity contribution >= 4 is 28.3 Å². The van der Waals surface area contributed by atoms with Crippen molar-refractivity contribution in [2.45, 2.75) is 37.2 Å². The molecule has 27 heavy (non-hydrogen) atoms. The number of fused-ring (bicyclic) bond motifs is 3. The average Bonchev–Trinajstić information content (AvgIpc) is 3.27. The molecule has 3 heterocycles. The molecule has 1 aromatic carbocycles. The molecule has 0 atom stereocenters. The third kappa shape index (κ3) is 2.44. The van der Waals surface area contributed by atoms with Crippen LogP contribution in [0.25, 0.3) is 22.0 Å². The van der Waals surface area contributed by atoms with Crippen molar-refractivity contribution in [3.63, 3.8) is 0 Å². The summed E-state index contributed by atoms with van der Waals surface area (Å²) in [6.45, 7) is 0.817. The molecule has 0 amide bonds. The minimum Gasteiger partial charge on any atom is -0.393 e. The monoisotopic (exact) mass is 378 g/mol. The number of rotatable bonds is 1. The van der Waals surface area contributed by atoms with Crippen molar-refractivity contribution in [1.29, 1.82) is 5.26 Å². The molecule has 6 heteroatoms. The van der Waals surface area contributed by atoms with Gasteiger partial charge in [-0.3, -0.25) is 0 Å². The van der Waals surface area contributed by atoms with Crippen LogP contribution in [0.1, 0.15) is 36.8 Å². The molecule has 1 aliphatic heterocycles. The Labute approximate surface area is 162 Å². The topological polar surface area (TPSA) is 84.7 Å². The number of benzene rings is 1. The minimum absolute atomic E-state index is 0.0570. The van der Waals surface area contributed by atoms with Crippen LogP contribution < -0.4 is 5.32 Å². The molecule has 3 N–H and O–H groups in total. The predicted octanol–water partition coefficient (Wildman–Crippen LogP) is 4.35. The molecule has 2 aliphatic rings. The summed E-state index contributed by atoms with van der Waals surface area (Å²) < 4.78 is 0. The van der Waals surface area contributed by atoms with Crippen molar-refractivity contribution < 1.29 is 5.11 Å². The number of aliphatic hydroxyl groups is 1. The van der Waals surface area contributed by atoms with Crippen molar-refractivity contribution in [2.24, 2.45) is 0 Å². The van der Waals surface area contributed by atoms with Gasteiger partial charge >= 0.3 is 0 Å². The van der Waals surface area contributed by atoms with Gasteiger partial charge in [-0.05, 0) is 43.9 Å². The molecule has 1 aliphatic carbocycles. The maximum absolute atomic E-state index is 9.94. The number of hydrogen-bond acceptors (Lipinski definition) is 4. The van der Waals surface area contributed by atoms with E-state index in [1.54, 1.807) is 6.07 Å². The molecule has 1 saturated carbocycles. The van der Waals surface area contributed by atoms with Crippen LogP contribution in [0.15, 0.2) is 30.6 Å². The zero-order chi connectivity index (χ0) is 18.6. The molecule has 3 aromatic rings. The van der Waals surface area contributed by atoms with Crippen LogP contribution in [0, 0.1) is 11.3 Å². The van der Waals surface area contributed by atoms with Gasteiger partial charge in [0.15, 0.2) is 0 Å². The molecule has 5 nitrogen and oxygen atoms in total. The third-order valence-corrected chi connectivity index (χ3v) is 6.55. The Bertz CT molecular complexity index is 1090. The fraction of sp³-hybridized carbons (Fsp3) is 0.333. The van der Waals surface area contributed by atoms with Crippen molar-refractivity contribution in [3.8, 4) is 17.2 Å². The SMILES string of the molecule is N#Cc1ccc2[nH]cc(-c3cnc4c(c3Cl)C3(CCC(O)CC3)CN4)c2c1. The Morgan fingerprint density at radius 3 is 2.85 bits per heavy atom. The van der Waals surface area contributed by atoms with Crippen LogP contribution in [0.4, 0.5) is 5.82 Å². The summed E-state index contributed by atoms with van der Waals surface area (Å²) in [6, 6.07) is 7.80. The maximum atomic E-state index is 9.94. The lowest BCUT2D eigenvalue weighted by Gasteiger charge is -2.36. The Kier molecular flexibility index (Phi) is 3.68.